The largest absolute Gasteiger partial charge is 0.497 e. The number of nitrogens with zero attached hydrogens (tertiary/aromatic N) is 2. The van der Waals surface area contributed by atoms with Crippen molar-refractivity contribution in [3.8, 4) is 5.75 Å². The second-order valence-electron chi connectivity index (χ2n) is 4.95. The topological polar surface area (TPSA) is 50.6 Å². The summed E-state index contributed by atoms with van der Waals surface area (Å²) in [7, 11) is 3.48. The number of guanidine groups is 1. The number of rotatable bonds is 7. The molecule has 1 heterocycles. The van der Waals surface area contributed by atoms with Gasteiger partial charge in [0.1, 0.15) is 5.75 Å². The fourth-order valence-electron chi connectivity index (χ4n) is 2.20. The van der Waals surface area contributed by atoms with E-state index < -0.39 is 0 Å². The van der Waals surface area contributed by atoms with E-state index in [0.29, 0.717) is 0 Å². The van der Waals surface area contributed by atoms with Crippen LogP contribution in [0.2, 0.25) is 0 Å². The van der Waals surface area contributed by atoms with Gasteiger partial charge in [0.05, 0.1) is 7.11 Å². The summed E-state index contributed by atoms with van der Waals surface area (Å²) in [4.78, 5) is 4.23. The highest BCUT2D eigenvalue weighted by Crippen LogP contribution is 2.12. The first kappa shape index (κ1) is 19.3. The van der Waals surface area contributed by atoms with E-state index in [1.54, 1.807) is 14.2 Å². The first-order valence-corrected chi connectivity index (χ1v) is 7.50. The van der Waals surface area contributed by atoms with Crippen molar-refractivity contribution in [2.24, 2.45) is 4.99 Å². The van der Waals surface area contributed by atoms with E-state index in [0.717, 1.165) is 37.8 Å². The summed E-state index contributed by atoms with van der Waals surface area (Å²) in [6.45, 7) is 2.59. The fraction of sp³-hybridized carbons (Fsp3) is 0.353. The summed E-state index contributed by atoms with van der Waals surface area (Å²) < 4.78 is 7.37. The standard InChI is InChI=1S/C17H24N4O.HI/c1-18-17(20-10-13-21-11-3-4-12-21)19-9-8-15-6-5-7-16(14-15)22-2;/h3-7,11-12,14H,8-10,13H2,1-2H3,(H2,18,19,20);1H. The van der Waals surface area contributed by atoms with E-state index in [-0.39, 0.29) is 24.0 Å². The number of benzene rings is 1. The number of hydrogen-bond acceptors (Lipinski definition) is 2. The Morgan fingerprint density at radius 1 is 1.13 bits per heavy atom. The Kier molecular flexibility index (Phi) is 9.20. The molecule has 23 heavy (non-hydrogen) atoms. The maximum atomic E-state index is 5.23. The quantitative estimate of drug-likeness (QED) is 0.405. The smallest absolute Gasteiger partial charge is 0.191 e. The van der Waals surface area contributed by atoms with Gasteiger partial charge in [0, 0.05) is 39.1 Å². The van der Waals surface area contributed by atoms with E-state index in [1.807, 2.05) is 24.3 Å². The molecule has 1 aromatic carbocycles. The third-order valence-electron chi connectivity index (χ3n) is 3.39. The molecule has 0 fully saturated rings. The minimum atomic E-state index is 0. The number of ether oxygens (including phenoxy) is 1. The molecule has 126 valence electrons. The van der Waals surface area contributed by atoms with E-state index in [9.17, 15) is 0 Å². The van der Waals surface area contributed by atoms with Crippen molar-refractivity contribution in [1.29, 1.82) is 0 Å². The van der Waals surface area contributed by atoms with Crippen LogP contribution in [0, 0.1) is 0 Å². The molecule has 0 unspecified atom stereocenters. The summed E-state index contributed by atoms with van der Waals surface area (Å²) in [5.41, 5.74) is 1.25. The van der Waals surface area contributed by atoms with Gasteiger partial charge in [0.2, 0.25) is 0 Å². The Bertz CT molecular complexity index is 584. The molecule has 1 aromatic heterocycles. The molecule has 6 heteroatoms. The van der Waals surface area contributed by atoms with Gasteiger partial charge in [-0.1, -0.05) is 12.1 Å². The molecular weight excluding hydrogens is 403 g/mol. The van der Waals surface area contributed by atoms with Crippen LogP contribution in [0.25, 0.3) is 0 Å². The lowest BCUT2D eigenvalue weighted by Crippen LogP contribution is -2.39. The molecule has 0 bridgehead atoms. The van der Waals surface area contributed by atoms with Gasteiger partial charge in [-0.2, -0.15) is 0 Å². The van der Waals surface area contributed by atoms with Crippen molar-refractivity contribution in [2.75, 3.05) is 27.2 Å². The minimum absolute atomic E-state index is 0. The van der Waals surface area contributed by atoms with Crippen LogP contribution in [0.3, 0.4) is 0 Å². The van der Waals surface area contributed by atoms with Gasteiger partial charge in [0.25, 0.3) is 0 Å². The molecule has 0 saturated heterocycles. The van der Waals surface area contributed by atoms with E-state index in [2.05, 4.69) is 44.7 Å². The Balaban J connectivity index is 0.00000264. The van der Waals surface area contributed by atoms with Crippen molar-refractivity contribution < 1.29 is 4.74 Å². The van der Waals surface area contributed by atoms with Gasteiger partial charge < -0.3 is 19.9 Å². The molecule has 0 aliphatic heterocycles. The zero-order valence-electron chi connectivity index (χ0n) is 13.7. The lowest BCUT2D eigenvalue weighted by Gasteiger charge is -2.12. The average Bonchev–Trinajstić information content (AvgIpc) is 3.07. The molecular formula is C17H25IN4O. The zero-order chi connectivity index (χ0) is 15.6. The molecule has 0 atom stereocenters. The van der Waals surface area contributed by atoms with Gasteiger partial charge in [-0.3, -0.25) is 4.99 Å². The molecule has 5 nitrogen and oxygen atoms in total. The van der Waals surface area contributed by atoms with Crippen molar-refractivity contribution in [3.05, 3.63) is 54.4 Å². The summed E-state index contributed by atoms with van der Waals surface area (Å²) in [6, 6.07) is 12.2. The number of nitrogens with one attached hydrogen (secondary N) is 2. The number of halogens is 1. The third kappa shape index (κ3) is 6.94. The van der Waals surface area contributed by atoms with Gasteiger partial charge in [0.15, 0.2) is 5.96 Å². The molecule has 0 aliphatic rings. The van der Waals surface area contributed by atoms with Gasteiger partial charge in [-0.15, -0.1) is 24.0 Å². The Morgan fingerprint density at radius 3 is 2.57 bits per heavy atom. The third-order valence-corrected chi connectivity index (χ3v) is 3.39. The highest BCUT2D eigenvalue weighted by molar-refractivity contribution is 14.0. The Labute approximate surface area is 155 Å². The van der Waals surface area contributed by atoms with Crippen molar-refractivity contribution >= 4 is 29.9 Å². The molecule has 2 rings (SSSR count). The number of aromatic nitrogens is 1. The summed E-state index contributed by atoms with van der Waals surface area (Å²) in [6.07, 6.45) is 5.04. The fourth-order valence-corrected chi connectivity index (χ4v) is 2.20. The maximum absolute atomic E-state index is 5.23. The van der Waals surface area contributed by atoms with E-state index in [4.69, 9.17) is 4.74 Å². The second-order valence-corrected chi connectivity index (χ2v) is 4.95. The molecule has 0 saturated carbocycles. The Hall–Kier alpha value is -1.70. The molecule has 0 radical (unpaired) electrons. The van der Waals surface area contributed by atoms with Crippen molar-refractivity contribution in [2.45, 2.75) is 13.0 Å². The minimum Gasteiger partial charge on any atom is -0.497 e. The normalized spacial score (nSPS) is 10.8. The van der Waals surface area contributed by atoms with Crippen LogP contribution in [0.5, 0.6) is 5.75 Å². The molecule has 0 amide bonds. The van der Waals surface area contributed by atoms with E-state index in [1.165, 1.54) is 5.56 Å². The summed E-state index contributed by atoms with van der Waals surface area (Å²) in [5, 5.41) is 6.63. The monoisotopic (exact) mass is 428 g/mol. The first-order chi connectivity index (χ1) is 10.8. The van der Waals surface area contributed by atoms with Crippen LogP contribution >= 0.6 is 24.0 Å². The van der Waals surface area contributed by atoms with Crippen LogP contribution in [-0.2, 0) is 13.0 Å². The summed E-state index contributed by atoms with van der Waals surface area (Å²) in [5.74, 6) is 1.72. The zero-order valence-corrected chi connectivity index (χ0v) is 16.0. The lowest BCUT2D eigenvalue weighted by molar-refractivity contribution is 0.414. The van der Waals surface area contributed by atoms with Crippen LogP contribution in [0.1, 0.15) is 5.56 Å². The predicted molar refractivity (Wildman–Crippen MR) is 106 cm³/mol. The van der Waals surface area contributed by atoms with Crippen molar-refractivity contribution in [1.82, 2.24) is 15.2 Å². The predicted octanol–water partition coefficient (Wildman–Crippen LogP) is 2.52. The van der Waals surface area contributed by atoms with Crippen LogP contribution < -0.4 is 15.4 Å². The second kappa shape index (κ2) is 10.9. The highest BCUT2D eigenvalue weighted by Gasteiger charge is 1.99. The molecule has 2 aromatic rings. The van der Waals surface area contributed by atoms with Crippen LogP contribution in [0.15, 0.2) is 53.8 Å². The molecule has 0 aliphatic carbocycles. The van der Waals surface area contributed by atoms with Gasteiger partial charge in [-0.05, 0) is 36.2 Å². The van der Waals surface area contributed by atoms with E-state index >= 15 is 0 Å². The van der Waals surface area contributed by atoms with Crippen LogP contribution in [-0.4, -0.2) is 37.8 Å². The maximum Gasteiger partial charge on any atom is 0.191 e. The number of aliphatic imine (C=N–C) groups is 1. The molecule has 0 spiro atoms. The van der Waals surface area contributed by atoms with Gasteiger partial charge in [-0.25, -0.2) is 0 Å². The summed E-state index contributed by atoms with van der Waals surface area (Å²) >= 11 is 0. The number of methoxy groups -OCH3 is 1. The SMILES string of the molecule is CN=C(NCCc1cccc(OC)c1)NCCn1cccc1.I. The average molecular weight is 428 g/mol. The van der Waals surface area contributed by atoms with Gasteiger partial charge >= 0.3 is 0 Å². The molecule has 2 N–H and O–H groups in total. The first-order valence-electron chi connectivity index (χ1n) is 7.50. The van der Waals surface area contributed by atoms with Crippen molar-refractivity contribution in [3.63, 3.8) is 0 Å². The lowest BCUT2D eigenvalue weighted by atomic mass is 10.1. The number of hydrogen-bond donors (Lipinski definition) is 2. The highest BCUT2D eigenvalue weighted by atomic mass is 127. The van der Waals surface area contributed by atoms with Crippen LogP contribution in [0.4, 0.5) is 0 Å². The Morgan fingerprint density at radius 2 is 1.87 bits per heavy atom.